The van der Waals surface area contributed by atoms with Crippen LogP contribution in [-0.2, 0) is 14.3 Å². The van der Waals surface area contributed by atoms with Crippen molar-refractivity contribution in [1.29, 1.82) is 0 Å². The molecule has 0 amide bonds. The molecule has 0 unspecified atom stereocenters. The molecule has 1 saturated carbocycles. The van der Waals surface area contributed by atoms with Crippen LogP contribution in [0.2, 0.25) is 0 Å². The van der Waals surface area contributed by atoms with Gasteiger partial charge in [0.1, 0.15) is 6.10 Å². The molecule has 1 heterocycles. The van der Waals surface area contributed by atoms with Gasteiger partial charge in [0.05, 0.1) is 38.5 Å². The highest BCUT2D eigenvalue weighted by Crippen LogP contribution is 2.49. The predicted molar refractivity (Wildman–Crippen MR) is 158 cm³/mol. The van der Waals surface area contributed by atoms with E-state index < -0.39 is 5.92 Å². The van der Waals surface area contributed by atoms with Gasteiger partial charge in [-0.2, -0.15) is 0 Å². The summed E-state index contributed by atoms with van der Waals surface area (Å²) in [5.41, 5.74) is 4.27. The van der Waals surface area contributed by atoms with E-state index in [0.717, 1.165) is 42.5 Å². The lowest BCUT2D eigenvalue weighted by atomic mass is 9.71. The minimum Gasteiger partial charge on any atom is -0.493 e. The van der Waals surface area contributed by atoms with E-state index in [9.17, 15) is 9.59 Å². The molecule has 2 atom stereocenters. The normalized spacial score (nSPS) is 20.9. The van der Waals surface area contributed by atoms with Crippen LogP contribution in [0.15, 0.2) is 57.3 Å². The van der Waals surface area contributed by atoms with Crippen molar-refractivity contribution >= 4 is 27.7 Å². The second-order valence-electron chi connectivity index (χ2n) is 10.7. The Balaban J connectivity index is 1.59. The van der Waals surface area contributed by atoms with E-state index in [0.29, 0.717) is 57.2 Å². The topological polar surface area (TPSA) is 92.3 Å². The quantitative estimate of drug-likeness (QED) is 0.340. The average Bonchev–Trinajstić information content (AvgIpc) is 3.48. The highest BCUT2D eigenvalue weighted by Gasteiger charge is 2.42. The molecular weight excluding hydrogens is 590 g/mol. The van der Waals surface area contributed by atoms with Crippen LogP contribution in [0.25, 0.3) is 0 Å². The highest BCUT2D eigenvalue weighted by atomic mass is 79.9. The predicted octanol–water partition coefficient (Wildman–Crippen LogP) is 6.33. The lowest BCUT2D eigenvalue weighted by Gasteiger charge is -2.37. The van der Waals surface area contributed by atoms with Crippen molar-refractivity contribution in [2.45, 2.75) is 63.4 Å². The highest BCUT2D eigenvalue weighted by molar-refractivity contribution is 9.10. The number of Topliss-reactive ketones (excluding diaryl/α,β-unsaturated/α-hetero) is 1. The lowest BCUT2D eigenvalue weighted by molar-refractivity contribution is -0.144. The summed E-state index contributed by atoms with van der Waals surface area (Å²) in [5.74, 6) is 1.21. The molecule has 0 saturated heterocycles. The Kier molecular flexibility index (Phi) is 8.63. The van der Waals surface area contributed by atoms with Gasteiger partial charge in [0.25, 0.3) is 0 Å². The van der Waals surface area contributed by atoms with Crippen molar-refractivity contribution in [3.8, 4) is 23.0 Å². The van der Waals surface area contributed by atoms with E-state index in [4.69, 9.17) is 23.7 Å². The summed E-state index contributed by atoms with van der Waals surface area (Å²) in [4.78, 5) is 27.8. The first-order valence-electron chi connectivity index (χ1n) is 13.9. The summed E-state index contributed by atoms with van der Waals surface area (Å²) < 4.78 is 28.7. The van der Waals surface area contributed by atoms with Gasteiger partial charge in [-0.1, -0.05) is 6.07 Å². The zero-order chi connectivity index (χ0) is 29.3. The molecule has 218 valence electrons. The molecule has 3 aliphatic rings. The van der Waals surface area contributed by atoms with Crippen molar-refractivity contribution in [1.82, 2.24) is 5.32 Å². The number of ether oxygens (including phenoxy) is 5. The van der Waals surface area contributed by atoms with Crippen molar-refractivity contribution in [3.05, 3.63) is 68.5 Å². The maximum Gasteiger partial charge on any atom is 0.337 e. The summed E-state index contributed by atoms with van der Waals surface area (Å²) in [6.07, 6.45) is 4.61. The summed E-state index contributed by atoms with van der Waals surface area (Å²) in [6.45, 7) is 1.88. The Morgan fingerprint density at radius 3 is 2.22 bits per heavy atom. The van der Waals surface area contributed by atoms with Crippen LogP contribution in [0.4, 0.5) is 0 Å². The van der Waals surface area contributed by atoms with Crippen LogP contribution in [0, 0.1) is 0 Å². The van der Waals surface area contributed by atoms with Crippen molar-refractivity contribution in [2.24, 2.45) is 0 Å². The second-order valence-corrected chi connectivity index (χ2v) is 11.5. The van der Waals surface area contributed by atoms with Crippen LogP contribution in [0.1, 0.15) is 68.4 Å². The molecule has 0 spiro atoms. The average molecular weight is 627 g/mol. The standard InChI is InChI=1S/C32H36BrNO7/c1-17-28(32(36)41-21-8-6-7-9-21)29(20-12-22(33)31(40-5)27(16-20)39-4)30-23(34-17)13-19(14-24(30)35)18-10-11-25(37-2)26(15-18)38-3/h10-12,15-16,19,21,29,34H,6-9,13-14H2,1-5H3/t19-,29-/m0/s1. The second kappa shape index (κ2) is 12.2. The minimum absolute atomic E-state index is 0.0203. The molecule has 2 aliphatic carbocycles. The zero-order valence-electron chi connectivity index (χ0n) is 24.1. The van der Waals surface area contributed by atoms with Gasteiger partial charge in [-0.05, 0) is 96.3 Å². The molecular formula is C32H36BrNO7. The Morgan fingerprint density at radius 1 is 0.878 bits per heavy atom. The first kappa shape index (κ1) is 29.0. The smallest absolute Gasteiger partial charge is 0.337 e. The van der Waals surface area contributed by atoms with Gasteiger partial charge in [0.2, 0.25) is 0 Å². The van der Waals surface area contributed by atoms with E-state index in [1.807, 2.05) is 37.3 Å². The Hall–Kier alpha value is -3.46. The van der Waals surface area contributed by atoms with Gasteiger partial charge in [-0.25, -0.2) is 4.79 Å². The van der Waals surface area contributed by atoms with E-state index in [1.165, 1.54) is 0 Å². The number of halogens is 1. The Morgan fingerprint density at radius 2 is 1.56 bits per heavy atom. The summed E-state index contributed by atoms with van der Waals surface area (Å²) in [5, 5.41) is 3.43. The third kappa shape index (κ3) is 5.56. The number of allylic oxidation sites excluding steroid dienone is 3. The van der Waals surface area contributed by atoms with E-state index >= 15 is 0 Å². The summed E-state index contributed by atoms with van der Waals surface area (Å²) in [6, 6.07) is 9.51. The number of carbonyl (C=O) groups is 2. The van der Waals surface area contributed by atoms with Gasteiger partial charge in [0, 0.05) is 29.3 Å². The molecule has 2 aromatic rings. The fraction of sp³-hybridized carbons (Fsp3) is 0.438. The number of hydrogen-bond donors (Lipinski definition) is 1. The molecule has 1 N–H and O–H groups in total. The minimum atomic E-state index is -0.616. The fourth-order valence-corrected chi connectivity index (χ4v) is 6.93. The first-order chi connectivity index (χ1) is 19.8. The van der Waals surface area contributed by atoms with Gasteiger partial charge in [-0.15, -0.1) is 0 Å². The largest absolute Gasteiger partial charge is 0.493 e. The molecule has 2 aromatic carbocycles. The van der Waals surface area contributed by atoms with Crippen molar-refractivity contribution in [2.75, 3.05) is 28.4 Å². The molecule has 0 aromatic heterocycles. The van der Waals surface area contributed by atoms with Crippen LogP contribution in [-0.4, -0.2) is 46.3 Å². The first-order valence-corrected chi connectivity index (χ1v) is 14.7. The van der Waals surface area contributed by atoms with Gasteiger partial charge in [-0.3, -0.25) is 4.79 Å². The SMILES string of the molecule is COc1ccc([C@@H]2CC(=O)C3=C(C2)NC(C)=C(C(=O)OC2CCCC2)[C@@H]3c2cc(Br)c(OC)c(OC)c2)cc1OC. The van der Waals surface area contributed by atoms with Crippen LogP contribution in [0.5, 0.6) is 23.0 Å². The molecule has 0 bridgehead atoms. The maximum absolute atomic E-state index is 14.1. The van der Waals surface area contributed by atoms with E-state index in [-0.39, 0.29) is 23.8 Å². The van der Waals surface area contributed by atoms with Gasteiger partial charge >= 0.3 is 5.97 Å². The number of esters is 1. The third-order valence-electron chi connectivity index (χ3n) is 8.29. The Bertz CT molecular complexity index is 1420. The van der Waals surface area contributed by atoms with Crippen LogP contribution < -0.4 is 24.3 Å². The molecule has 9 heteroatoms. The molecule has 1 aliphatic heterocycles. The number of dihydropyridines is 1. The number of ketones is 1. The van der Waals surface area contributed by atoms with Crippen molar-refractivity contribution in [3.63, 3.8) is 0 Å². The third-order valence-corrected chi connectivity index (χ3v) is 8.88. The number of methoxy groups -OCH3 is 4. The van der Waals surface area contributed by atoms with E-state index in [2.05, 4.69) is 21.2 Å². The number of hydrogen-bond acceptors (Lipinski definition) is 8. The number of nitrogens with one attached hydrogen (secondary N) is 1. The van der Waals surface area contributed by atoms with Crippen molar-refractivity contribution < 1.29 is 33.3 Å². The van der Waals surface area contributed by atoms with Gasteiger partial charge < -0.3 is 29.0 Å². The zero-order valence-corrected chi connectivity index (χ0v) is 25.7. The van der Waals surface area contributed by atoms with Gasteiger partial charge in [0.15, 0.2) is 28.8 Å². The number of rotatable bonds is 8. The van der Waals surface area contributed by atoms with Crippen LogP contribution in [0.3, 0.4) is 0 Å². The Labute approximate surface area is 249 Å². The number of carbonyl (C=O) groups excluding carboxylic acids is 2. The maximum atomic E-state index is 14.1. The molecule has 41 heavy (non-hydrogen) atoms. The van der Waals surface area contributed by atoms with E-state index in [1.54, 1.807) is 28.4 Å². The molecule has 8 nitrogen and oxygen atoms in total. The molecule has 1 fully saturated rings. The summed E-state index contributed by atoms with van der Waals surface area (Å²) >= 11 is 3.60. The monoisotopic (exact) mass is 625 g/mol. The summed E-state index contributed by atoms with van der Waals surface area (Å²) in [7, 11) is 6.34. The van der Waals surface area contributed by atoms with Crippen LogP contribution >= 0.6 is 15.9 Å². The lowest BCUT2D eigenvalue weighted by Crippen LogP contribution is -2.36. The number of benzene rings is 2. The molecule has 5 rings (SSSR count). The molecule has 0 radical (unpaired) electrons. The fourth-order valence-electron chi connectivity index (χ4n) is 6.31.